The highest BCUT2D eigenvalue weighted by Gasteiger charge is 2.34. The van der Waals surface area contributed by atoms with Gasteiger partial charge >= 0.3 is 0 Å². The van der Waals surface area contributed by atoms with E-state index in [-0.39, 0.29) is 17.8 Å². The molecule has 2 aromatic carbocycles. The Bertz CT molecular complexity index is 1090. The summed E-state index contributed by atoms with van der Waals surface area (Å²) in [5.74, 6) is 2.21. The Morgan fingerprint density at radius 2 is 1.42 bits per heavy atom. The summed E-state index contributed by atoms with van der Waals surface area (Å²) in [5.41, 5.74) is 0.629. The number of fused-ring (bicyclic) bond motifs is 2. The predicted octanol–water partition coefficient (Wildman–Crippen LogP) is 3.45. The molecule has 2 unspecified atom stereocenters. The van der Waals surface area contributed by atoms with E-state index in [1.807, 2.05) is 51.1 Å². The van der Waals surface area contributed by atoms with Gasteiger partial charge in [0.15, 0.2) is 0 Å². The zero-order valence-corrected chi connectivity index (χ0v) is 21.3. The van der Waals surface area contributed by atoms with E-state index in [1.165, 1.54) is 0 Å². The molecule has 0 aliphatic carbocycles. The minimum Gasteiger partial charge on any atom is -0.492 e. The summed E-state index contributed by atoms with van der Waals surface area (Å²) < 4.78 is 23.8. The van der Waals surface area contributed by atoms with E-state index in [0.29, 0.717) is 30.1 Å². The van der Waals surface area contributed by atoms with Crippen LogP contribution in [0.15, 0.2) is 42.5 Å². The van der Waals surface area contributed by atoms with Gasteiger partial charge in [-0.25, -0.2) is 0 Å². The van der Waals surface area contributed by atoms with E-state index in [0.717, 1.165) is 50.8 Å². The largest absolute Gasteiger partial charge is 0.492 e. The van der Waals surface area contributed by atoms with E-state index in [1.54, 1.807) is 18.2 Å². The molecule has 0 N–H and O–H groups in total. The fourth-order valence-electron chi connectivity index (χ4n) is 4.57. The molecular formula is C28H34N4O4. The Hall–Kier alpha value is -3.30. The molecule has 2 fully saturated rings. The molecule has 2 heterocycles. The van der Waals surface area contributed by atoms with Gasteiger partial charge in [-0.3, -0.25) is 9.80 Å². The lowest BCUT2D eigenvalue weighted by Gasteiger charge is -2.45. The Morgan fingerprint density at radius 1 is 0.833 bits per heavy atom. The Kier molecular flexibility index (Phi) is 8.32. The molecule has 2 aliphatic heterocycles. The first kappa shape index (κ1) is 25.8. The lowest BCUT2D eigenvalue weighted by molar-refractivity contribution is -0.140. The molecule has 8 heteroatoms. The molecule has 0 spiro atoms. The van der Waals surface area contributed by atoms with Gasteiger partial charge < -0.3 is 18.9 Å². The summed E-state index contributed by atoms with van der Waals surface area (Å²) in [6, 6.07) is 16.9. The number of ether oxygens (including phenoxy) is 4. The molecule has 0 aromatic heterocycles. The van der Waals surface area contributed by atoms with Crippen LogP contribution >= 0.6 is 0 Å². The summed E-state index contributed by atoms with van der Waals surface area (Å²) >= 11 is 0. The Morgan fingerprint density at radius 3 is 1.97 bits per heavy atom. The molecule has 0 radical (unpaired) electrons. The van der Waals surface area contributed by atoms with Crippen molar-refractivity contribution in [1.82, 2.24) is 9.80 Å². The van der Waals surface area contributed by atoms with Crippen molar-refractivity contribution in [2.45, 2.75) is 38.6 Å². The van der Waals surface area contributed by atoms with Crippen LogP contribution in [0.5, 0.6) is 17.2 Å². The second-order valence-electron chi connectivity index (χ2n) is 10.2. The van der Waals surface area contributed by atoms with Crippen LogP contribution in [0.4, 0.5) is 0 Å². The minimum atomic E-state index is -0.217. The maximum atomic E-state index is 9.31. The molecule has 0 saturated carbocycles. The van der Waals surface area contributed by atoms with Crippen molar-refractivity contribution in [3.05, 3.63) is 53.6 Å². The number of hydrogen-bond donors (Lipinski definition) is 0. The van der Waals surface area contributed by atoms with Gasteiger partial charge in [-0.2, -0.15) is 10.5 Å². The summed E-state index contributed by atoms with van der Waals surface area (Å²) in [5, 5.41) is 18.3. The van der Waals surface area contributed by atoms with Crippen molar-refractivity contribution >= 4 is 0 Å². The van der Waals surface area contributed by atoms with Gasteiger partial charge in [0, 0.05) is 39.3 Å². The van der Waals surface area contributed by atoms with Crippen LogP contribution in [0, 0.1) is 22.7 Å². The first-order valence-corrected chi connectivity index (χ1v) is 12.4. The van der Waals surface area contributed by atoms with Crippen molar-refractivity contribution in [2.24, 2.45) is 0 Å². The maximum Gasteiger partial charge on any atom is 0.137 e. The highest BCUT2D eigenvalue weighted by atomic mass is 16.5. The van der Waals surface area contributed by atoms with Gasteiger partial charge in [-0.05, 0) is 63.2 Å². The Balaban J connectivity index is 1.17. The number of nitrogens with zero attached hydrogens (tertiary/aromatic N) is 4. The number of rotatable bonds is 9. The number of benzene rings is 2. The normalized spacial score (nSPS) is 20.2. The van der Waals surface area contributed by atoms with Crippen LogP contribution in [0.25, 0.3) is 0 Å². The van der Waals surface area contributed by atoms with E-state index < -0.39 is 0 Å². The van der Waals surface area contributed by atoms with Crippen molar-refractivity contribution < 1.29 is 18.9 Å². The fourth-order valence-corrected chi connectivity index (χ4v) is 4.57. The molecular weight excluding hydrogens is 456 g/mol. The van der Waals surface area contributed by atoms with E-state index >= 15 is 0 Å². The first-order chi connectivity index (χ1) is 17.3. The van der Waals surface area contributed by atoms with Crippen LogP contribution in [0.3, 0.4) is 0 Å². The van der Waals surface area contributed by atoms with Crippen LogP contribution < -0.4 is 14.2 Å². The quantitative estimate of drug-likeness (QED) is 0.528. The maximum absolute atomic E-state index is 9.31. The third kappa shape index (κ3) is 7.35. The number of morpholine rings is 2. The van der Waals surface area contributed by atoms with E-state index in [9.17, 15) is 5.26 Å². The Labute approximate surface area is 213 Å². The summed E-state index contributed by atoms with van der Waals surface area (Å²) in [6.07, 6.45) is 0.326. The van der Waals surface area contributed by atoms with Crippen LogP contribution in [-0.4, -0.2) is 80.1 Å². The van der Waals surface area contributed by atoms with Gasteiger partial charge in [0.2, 0.25) is 0 Å². The molecule has 0 amide bonds. The molecule has 2 aromatic rings. The van der Waals surface area contributed by atoms with Gasteiger partial charge in [-0.15, -0.1) is 0 Å². The zero-order chi connectivity index (χ0) is 25.5. The van der Waals surface area contributed by atoms with Crippen molar-refractivity contribution in [1.29, 1.82) is 10.5 Å². The molecule has 8 nitrogen and oxygen atoms in total. The third-order valence-electron chi connectivity index (χ3n) is 6.05. The number of nitriles is 2. The van der Waals surface area contributed by atoms with Crippen molar-refractivity contribution in [3.63, 3.8) is 0 Å². The van der Waals surface area contributed by atoms with E-state index in [4.69, 9.17) is 24.2 Å². The first-order valence-electron chi connectivity index (χ1n) is 12.4. The third-order valence-corrected chi connectivity index (χ3v) is 6.05. The highest BCUT2D eigenvalue weighted by molar-refractivity contribution is 5.48. The zero-order valence-electron chi connectivity index (χ0n) is 21.3. The molecule has 2 atom stereocenters. The molecule has 2 saturated heterocycles. The fraction of sp³-hybridized carbons (Fsp3) is 0.500. The molecule has 4 rings (SSSR count). The standard InChI is InChI=1S/C28H34N4O4/c1-28(2,3)36-24-7-5-23(6-8-24)33-12-10-31-17-25-19-32(20-26(18-31)35-25)11-13-34-27-9-4-21(15-29)14-22(27)16-30/h4-9,14,25-26H,10-13,17-20H2,1-3H3. The monoisotopic (exact) mass is 490 g/mol. The SMILES string of the molecule is CC(C)(C)Oc1ccc(OCCN2CC3CN(CCOc4ccc(C#N)cc4C#N)CC(C2)O3)cc1. The van der Waals surface area contributed by atoms with Gasteiger partial charge in [-0.1, -0.05) is 0 Å². The smallest absolute Gasteiger partial charge is 0.137 e. The highest BCUT2D eigenvalue weighted by Crippen LogP contribution is 2.23. The summed E-state index contributed by atoms with van der Waals surface area (Å²) in [7, 11) is 0. The second kappa shape index (κ2) is 11.6. The van der Waals surface area contributed by atoms with Gasteiger partial charge in [0.05, 0.1) is 29.4 Å². The number of hydrogen-bond acceptors (Lipinski definition) is 8. The summed E-state index contributed by atoms with van der Waals surface area (Å²) in [6.45, 7) is 12.3. The van der Waals surface area contributed by atoms with Gasteiger partial charge in [0.25, 0.3) is 0 Å². The lowest BCUT2D eigenvalue weighted by Crippen LogP contribution is -2.60. The van der Waals surface area contributed by atoms with E-state index in [2.05, 4.69) is 15.9 Å². The van der Waals surface area contributed by atoms with Gasteiger partial charge in [0.1, 0.15) is 42.1 Å². The van der Waals surface area contributed by atoms with Crippen LogP contribution in [-0.2, 0) is 4.74 Å². The van der Waals surface area contributed by atoms with Crippen molar-refractivity contribution in [2.75, 3.05) is 52.5 Å². The summed E-state index contributed by atoms with van der Waals surface area (Å²) in [4.78, 5) is 4.78. The average molecular weight is 491 g/mol. The lowest BCUT2D eigenvalue weighted by atomic mass is 10.1. The second-order valence-corrected chi connectivity index (χ2v) is 10.2. The van der Waals surface area contributed by atoms with Crippen molar-refractivity contribution in [3.8, 4) is 29.4 Å². The van der Waals surface area contributed by atoms with Crippen LogP contribution in [0.2, 0.25) is 0 Å². The average Bonchev–Trinajstić information content (AvgIpc) is 2.84. The predicted molar refractivity (Wildman–Crippen MR) is 135 cm³/mol. The molecule has 36 heavy (non-hydrogen) atoms. The topological polar surface area (TPSA) is 91.0 Å². The molecule has 2 bridgehead atoms. The minimum absolute atomic E-state index is 0.163. The molecule has 190 valence electrons. The van der Waals surface area contributed by atoms with Crippen LogP contribution in [0.1, 0.15) is 31.9 Å². The molecule has 2 aliphatic rings.